The van der Waals surface area contributed by atoms with Gasteiger partial charge in [0.05, 0.1) is 24.2 Å². The van der Waals surface area contributed by atoms with Crippen molar-refractivity contribution in [1.29, 1.82) is 0 Å². The summed E-state index contributed by atoms with van der Waals surface area (Å²) in [5, 5.41) is 4.07. The maximum absolute atomic E-state index is 4.07. The molecule has 4 nitrogen and oxygen atoms in total. The molecule has 0 saturated carbocycles. The van der Waals surface area contributed by atoms with Crippen LogP contribution in [0.25, 0.3) is 0 Å². The van der Waals surface area contributed by atoms with E-state index in [0.29, 0.717) is 36.3 Å². The summed E-state index contributed by atoms with van der Waals surface area (Å²) in [5.41, 5.74) is 2.87. The second kappa shape index (κ2) is 9.09. The van der Waals surface area contributed by atoms with Crippen molar-refractivity contribution in [3.8, 4) is 0 Å². The molecule has 2 heterocycles. The zero-order chi connectivity index (χ0) is 23.2. The number of hydrogen-bond acceptors (Lipinski definition) is 4. The van der Waals surface area contributed by atoms with Crippen LogP contribution in [0.5, 0.6) is 0 Å². The summed E-state index contributed by atoms with van der Waals surface area (Å²) in [6.07, 6.45) is 44.8. The third-order valence-corrected chi connectivity index (χ3v) is 8.68. The third-order valence-electron chi connectivity index (χ3n) is 8.68. The highest BCUT2D eigenvalue weighted by Crippen LogP contribution is 2.41. The predicted molar refractivity (Wildman–Crippen MR) is 143 cm³/mol. The largest absolute Gasteiger partial charge is 0.338 e. The van der Waals surface area contributed by atoms with E-state index >= 15 is 0 Å². The molecule has 35 heavy (non-hydrogen) atoms. The van der Waals surface area contributed by atoms with E-state index in [-0.39, 0.29) is 6.29 Å². The highest BCUT2D eigenvalue weighted by Gasteiger charge is 2.55. The first-order valence-corrected chi connectivity index (χ1v) is 13.6. The van der Waals surface area contributed by atoms with Crippen LogP contribution in [0.3, 0.4) is 0 Å². The lowest BCUT2D eigenvalue weighted by molar-refractivity contribution is 0.107. The van der Waals surface area contributed by atoms with E-state index in [1.54, 1.807) is 0 Å². The van der Waals surface area contributed by atoms with E-state index in [2.05, 4.69) is 117 Å². The van der Waals surface area contributed by atoms with Crippen LogP contribution in [0, 0.1) is 0 Å². The molecule has 5 aliphatic carbocycles. The molecule has 0 spiro atoms. The lowest BCUT2D eigenvalue weighted by atomic mass is 9.94. The van der Waals surface area contributed by atoms with Gasteiger partial charge in [0, 0.05) is 23.5 Å². The molecule has 0 bridgehead atoms. The summed E-state index contributed by atoms with van der Waals surface area (Å²) >= 11 is 0. The molecular formula is C31H36N4. The molecule has 0 amide bonds. The number of nitrogens with one attached hydrogen (secondary N) is 1. The molecule has 7 atom stereocenters. The van der Waals surface area contributed by atoms with Gasteiger partial charge in [0.25, 0.3) is 0 Å². The van der Waals surface area contributed by atoms with Gasteiger partial charge >= 0.3 is 0 Å². The van der Waals surface area contributed by atoms with Gasteiger partial charge in [-0.05, 0) is 50.7 Å². The van der Waals surface area contributed by atoms with Crippen LogP contribution in [0.2, 0.25) is 0 Å². The minimum absolute atomic E-state index is 0.244. The Balaban J connectivity index is 1.20. The molecule has 7 rings (SSSR count). The van der Waals surface area contributed by atoms with Crippen LogP contribution in [0.4, 0.5) is 0 Å². The topological polar surface area (TPSA) is 21.8 Å². The van der Waals surface area contributed by atoms with Crippen molar-refractivity contribution in [2.75, 3.05) is 0 Å². The molecule has 7 unspecified atom stereocenters. The third kappa shape index (κ3) is 3.70. The molecule has 0 aromatic carbocycles. The Morgan fingerprint density at radius 1 is 0.771 bits per heavy atom. The molecular weight excluding hydrogens is 428 g/mol. The molecule has 2 fully saturated rings. The first-order chi connectivity index (χ1) is 17.4. The van der Waals surface area contributed by atoms with E-state index in [9.17, 15) is 0 Å². The van der Waals surface area contributed by atoms with E-state index in [0.717, 1.165) is 12.8 Å². The van der Waals surface area contributed by atoms with E-state index in [4.69, 9.17) is 0 Å². The lowest BCUT2D eigenvalue weighted by Gasteiger charge is -2.39. The van der Waals surface area contributed by atoms with Gasteiger partial charge in [-0.25, -0.2) is 0 Å². The van der Waals surface area contributed by atoms with Gasteiger partial charge in [-0.2, -0.15) is 0 Å². The lowest BCUT2D eigenvalue weighted by Crippen LogP contribution is -2.51. The van der Waals surface area contributed by atoms with Gasteiger partial charge in [0.1, 0.15) is 6.29 Å². The van der Waals surface area contributed by atoms with Gasteiger partial charge in [-0.15, -0.1) is 0 Å². The second-order valence-corrected chi connectivity index (χ2v) is 10.7. The van der Waals surface area contributed by atoms with Gasteiger partial charge in [0.2, 0.25) is 0 Å². The molecule has 0 radical (unpaired) electrons. The van der Waals surface area contributed by atoms with Crippen molar-refractivity contribution < 1.29 is 0 Å². The molecule has 2 aliphatic heterocycles. The molecule has 0 aromatic rings. The normalized spacial score (nSPS) is 39.4. The summed E-state index contributed by atoms with van der Waals surface area (Å²) in [6, 6.07) is 2.37. The summed E-state index contributed by atoms with van der Waals surface area (Å²) < 4.78 is 0. The van der Waals surface area contributed by atoms with Crippen molar-refractivity contribution in [2.45, 2.75) is 81.1 Å². The Morgan fingerprint density at radius 3 is 2.31 bits per heavy atom. The van der Waals surface area contributed by atoms with Crippen LogP contribution < -0.4 is 5.32 Å². The van der Waals surface area contributed by atoms with Crippen molar-refractivity contribution in [3.05, 3.63) is 109 Å². The number of rotatable bonds is 4. The minimum Gasteiger partial charge on any atom is -0.338 e. The Morgan fingerprint density at radius 2 is 1.57 bits per heavy atom. The average molecular weight is 465 g/mol. The van der Waals surface area contributed by atoms with Crippen LogP contribution in [-0.4, -0.2) is 57.2 Å². The van der Waals surface area contributed by atoms with E-state index in [1.165, 1.54) is 37.1 Å². The zero-order valence-electron chi connectivity index (χ0n) is 20.4. The van der Waals surface area contributed by atoms with E-state index in [1.807, 2.05) is 0 Å². The Bertz CT molecular complexity index is 1110. The fourth-order valence-corrected chi connectivity index (χ4v) is 7.13. The average Bonchev–Trinajstić information content (AvgIpc) is 3.44. The number of allylic oxidation sites excluding steroid dienone is 9. The van der Waals surface area contributed by atoms with Crippen LogP contribution in [0.1, 0.15) is 38.5 Å². The maximum atomic E-state index is 4.07. The van der Waals surface area contributed by atoms with Crippen molar-refractivity contribution in [1.82, 2.24) is 20.0 Å². The van der Waals surface area contributed by atoms with Crippen LogP contribution >= 0.6 is 0 Å². The standard InChI is InChI=1S/C31H36N4/c1-4-12-23(13-5-1)33(24-14-6-2-7-15-24)26-20-21-28-27(22-26)32-31-34(25-16-8-3-9-17-25)29-18-10-11-19-30(29)35(28)31/h1,3-5,8-12,14,16,18-23,25,27-32H,2,6-7,13,15,17H2. The molecule has 4 heteroatoms. The minimum atomic E-state index is 0.244. The van der Waals surface area contributed by atoms with Crippen LogP contribution in [0.15, 0.2) is 109 Å². The Labute approximate surface area is 209 Å². The van der Waals surface area contributed by atoms with Crippen LogP contribution in [-0.2, 0) is 0 Å². The summed E-state index contributed by atoms with van der Waals surface area (Å²) in [7, 11) is 0. The summed E-state index contributed by atoms with van der Waals surface area (Å²) in [5.74, 6) is 0. The predicted octanol–water partition coefficient (Wildman–Crippen LogP) is 5.07. The number of fused-ring (bicyclic) bond motifs is 5. The fourth-order valence-electron chi connectivity index (χ4n) is 7.13. The van der Waals surface area contributed by atoms with Gasteiger partial charge in [-0.1, -0.05) is 85.1 Å². The molecule has 1 N–H and O–H groups in total. The number of hydrogen-bond donors (Lipinski definition) is 1. The smallest absolute Gasteiger partial charge is 0.119 e. The molecule has 0 aromatic heterocycles. The zero-order valence-corrected chi connectivity index (χ0v) is 20.4. The monoisotopic (exact) mass is 464 g/mol. The maximum Gasteiger partial charge on any atom is 0.119 e. The first-order valence-electron chi connectivity index (χ1n) is 13.6. The molecule has 7 aliphatic rings. The number of nitrogens with zero attached hydrogens (tertiary/aromatic N) is 3. The van der Waals surface area contributed by atoms with Gasteiger partial charge < -0.3 is 4.90 Å². The SMILES string of the molecule is C1=CCC(N(C2=CC3NC4N(C5C=CC=CC5)C5C=CC=CC5N4C3C=C2)C2=CCCCC2)C=C1. The highest BCUT2D eigenvalue weighted by molar-refractivity contribution is 5.39. The summed E-state index contributed by atoms with van der Waals surface area (Å²) in [4.78, 5) is 8.06. The summed E-state index contributed by atoms with van der Waals surface area (Å²) in [6.45, 7) is 0. The quantitative estimate of drug-likeness (QED) is 0.627. The Hall–Kier alpha value is -2.66. The van der Waals surface area contributed by atoms with Gasteiger partial charge in [-0.3, -0.25) is 15.1 Å². The van der Waals surface area contributed by atoms with E-state index < -0.39 is 0 Å². The molecule has 180 valence electrons. The van der Waals surface area contributed by atoms with Crippen molar-refractivity contribution in [3.63, 3.8) is 0 Å². The molecule has 2 saturated heterocycles. The first kappa shape index (κ1) is 21.6. The second-order valence-electron chi connectivity index (χ2n) is 10.7. The van der Waals surface area contributed by atoms with Crippen molar-refractivity contribution in [2.24, 2.45) is 0 Å². The Kier molecular flexibility index (Phi) is 5.61. The van der Waals surface area contributed by atoms with Crippen molar-refractivity contribution >= 4 is 0 Å². The van der Waals surface area contributed by atoms with Gasteiger partial charge in [0.15, 0.2) is 0 Å². The highest BCUT2D eigenvalue weighted by atomic mass is 15.6. The fraction of sp³-hybridized carbons (Fsp3) is 0.419.